The van der Waals surface area contributed by atoms with Gasteiger partial charge in [0.2, 0.25) is 0 Å². The maximum Gasteiger partial charge on any atom is 0.140 e. The van der Waals surface area contributed by atoms with Crippen molar-refractivity contribution in [3.8, 4) is 5.75 Å². The van der Waals surface area contributed by atoms with Gasteiger partial charge in [-0.25, -0.2) is 4.98 Å². The average molecular weight is 245 g/mol. The molecule has 1 fully saturated rings. The van der Waals surface area contributed by atoms with Crippen LogP contribution in [-0.4, -0.2) is 41.5 Å². The van der Waals surface area contributed by atoms with Gasteiger partial charge in [-0.05, 0) is 38.4 Å². The third-order valence-electron chi connectivity index (χ3n) is 3.70. The zero-order valence-electron chi connectivity index (χ0n) is 11.0. The monoisotopic (exact) mass is 245 g/mol. The van der Waals surface area contributed by atoms with Crippen molar-refractivity contribution in [2.75, 3.05) is 27.2 Å². The molecule has 4 heteroatoms. The van der Waals surface area contributed by atoms with Crippen LogP contribution in [0, 0.1) is 5.92 Å². The topological polar surface area (TPSA) is 29.8 Å². The molecular weight excluding hydrogens is 226 g/mol. The van der Waals surface area contributed by atoms with Crippen molar-refractivity contribution in [2.45, 2.75) is 12.8 Å². The Bertz CT molecular complexity index is 549. The third-order valence-corrected chi connectivity index (χ3v) is 3.70. The molecule has 1 saturated heterocycles. The molecule has 4 nitrogen and oxygen atoms in total. The summed E-state index contributed by atoms with van der Waals surface area (Å²) in [4.78, 5) is 7.07. The summed E-state index contributed by atoms with van der Waals surface area (Å²) in [6.07, 6.45) is 6.50. The van der Waals surface area contributed by atoms with Crippen LogP contribution in [0.1, 0.15) is 12.1 Å². The molecule has 1 aliphatic rings. The quantitative estimate of drug-likeness (QED) is 0.826. The average Bonchev–Trinajstić information content (AvgIpc) is 2.94. The number of ether oxygens (including phenoxy) is 1. The van der Waals surface area contributed by atoms with E-state index in [2.05, 4.69) is 27.5 Å². The van der Waals surface area contributed by atoms with E-state index in [4.69, 9.17) is 4.74 Å². The molecule has 0 saturated carbocycles. The van der Waals surface area contributed by atoms with Crippen LogP contribution in [0.2, 0.25) is 0 Å². The number of rotatable bonds is 3. The number of fused-ring (bicyclic) bond motifs is 1. The number of nitrogens with zero attached hydrogens (tertiary/aromatic N) is 3. The van der Waals surface area contributed by atoms with Crippen molar-refractivity contribution < 1.29 is 4.74 Å². The molecule has 1 aliphatic heterocycles. The molecule has 96 valence electrons. The molecule has 0 N–H and O–H groups in total. The highest BCUT2D eigenvalue weighted by Gasteiger charge is 2.20. The molecule has 2 aromatic heterocycles. The van der Waals surface area contributed by atoms with E-state index in [1.165, 1.54) is 25.2 Å². The van der Waals surface area contributed by atoms with E-state index in [0.717, 1.165) is 23.7 Å². The summed E-state index contributed by atoms with van der Waals surface area (Å²) in [5.41, 5.74) is 2.15. The van der Waals surface area contributed by atoms with Crippen LogP contribution in [-0.2, 0) is 6.42 Å². The van der Waals surface area contributed by atoms with Crippen LogP contribution in [0.3, 0.4) is 0 Å². The Morgan fingerprint density at radius 1 is 1.50 bits per heavy atom. The van der Waals surface area contributed by atoms with E-state index in [-0.39, 0.29) is 0 Å². The normalized spacial score (nSPS) is 20.7. The van der Waals surface area contributed by atoms with Crippen LogP contribution in [0.4, 0.5) is 0 Å². The van der Waals surface area contributed by atoms with Gasteiger partial charge < -0.3 is 14.0 Å². The Balaban J connectivity index is 1.80. The minimum Gasteiger partial charge on any atom is -0.497 e. The maximum absolute atomic E-state index is 5.22. The molecule has 0 radical (unpaired) electrons. The smallest absolute Gasteiger partial charge is 0.140 e. The van der Waals surface area contributed by atoms with E-state index >= 15 is 0 Å². The number of likely N-dealkylation sites (tertiary alicyclic amines) is 1. The summed E-state index contributed by atoms with van der Waals surface area (Å²) in [5.74, 6) is 1.61. The highest BCUT2D eigenvalue weighted by Crippen LogP contribution is 2.20. The molecule has 0 aliphatic carbocycles. The molecule has 0 spiro atoms. The summed E-state index contributed by atoms with van der Waals surface area (Å²) in [6, 6.07) is 3.94. The van der Waals surface area contributed by atoms with Crippen molar-refractivity contribution in [3.05, 3.63) is 30.2 Å². The van der Waals surface area contributed by atoms with Gasteiger partial charge in [0, 0.05) is 25.0 Å². The van der Waals surface area contributed by atoms with Gasteiger partial charge in [-0.3, -0.25) is 0 Å². The minimum absolute atomic E-state index is 0.752. The van der Waals surface area contributed by atoms with Crippen molar-refractivity contribution in [1.29, 1.82) is 0 Å². The Morgan fingerprint density at radius 2 is 2.39 bits per heavy atom. The third kappa shape index (κ3) is 2.20. The number of hydrogen-bond donors (Lipinski definition) is 0. The lowest BCUT2D eigenvalue weighted by Gasteiger charge is -2.07. The Hall–Kier alpha value is -1.55. The number of aromatic nitrogens is 2. The fraction of sp³-hybridized carbons (Fsp3) is 0.500. The second-order valence-electron chi connectivity index (χ2n) is 5.19. The maximum atomic E-state index is 5.22. The van der Waals surface area contributed by atoms with Crippen molar-refractivity contribution in [2.24, 2.45) is 5.92 Å². The molecule has 2 aromatic rings. The van der Waals surface area contributed by atoms with Gasteiger partial charge in [0.05, 0.1) is 12.8 Å². The molecular formula is C14H19N3O. The standard InChI is InChI=1S/C14H19N3O/c1-16-5-3-11(9-16)7-12-10-17-6-4-13(18-2)8-14(17)15-12/h4,6,8,10-11H,3,5,7,9H2,1-2H3. The Labute approximate surface area is 107 Å². The van der Waals surface area contributed by atoms with Crippen LogP contribution < -0.4 is 4.74 Å². The van der Waals surface area contributed by atoms with E-state index in [9.17, 15) is 0 Å². The number of pyridine rings is 1. The highest BCUT2D eigenvalue weighted by atomic mass is 16.5. The van der Waals surface area contributed by atoms with Gasteiger partial charge in [0.1, 0.15) is 11.4 Å². The van der Waals surface area contributed by atoms with E-state index in [1.807, 2.05) is 18.3 Å². The fourth-order valence-corrected chi connectivity index (χ4v) is 2.73. The van der Waals surface area contributed by atoms with E-state index in [0.29, 0.717) is 0 Å². The van der Waals surface area contributed by atoms with Crippen molar-refractivity contribution >= 4 is 5.65 Å². The molecule has 0 aromatic carbocycles. The lowest BCUT2D eigenvalue weighted by atomic mass is 10.0. The largest absolute Gasteiger partial charge is 0.497 e. The molecule has 0 bridgehead atoms. The molecule has 1 atom stereocenters. The summed E-state index contributed by atoms with van der Waals surface area (Å²) in [7, 11) is 3.87. The summed E-state index contributed by atoms with van der Waals surface area (Å²) in [5, 5.41) is 0. The fourth-order valence-electron chi connectivity index (χ4n) is 2.73. The highest BCUT2D eigenvalue weighted by molar-refractivity contribution is 5.45. The predicted molar refractivity (Wildman–Crippen MR) is 71.1 cm³/mol. The molecule has 18 heavy (non-hydrogen) atoms. The van der Waals surface area contributed by atoms with Gasteiger partial charge in [0.25, 0.3) is 0 Å². The van der Waals surface area contributed by atoms with Crippen LogP contribution >= 0.6 is 0 Å². The Morgan fingerprint density at radius 3 is 3.11 bits per heavy atom. The number of hydrogen-bond acceptors (Lipinski definition) is 3. The molecule has 1 unspecified atom stereocenters. The summed E-state index contributed by atoms with van der Waals surface area (Å²) in [6.45, 7) is 2.41. The van der Waals surface area contributed by atoms with Crippen LogP contribution in [0.25, 0.3) is 5.65 Å². The zero-order chi connectivity index (χ0) is 12.5. The molecule has 0 amide bonds. The van der Waals surface area contributed by atoms with Crippen molar-refractivity contribution in [3.63, 3.8) is 0 Å². The van der Waals surface area contributed by atoms with Gasteiger partial charge in [0.15, 0.2) is 0 Å². The number of imidazole rings is 1. The second-order valence-corrected chi connectivity index (χ2v) is 5.19. The summed E-state index contributed by atoms with van der Waals surface area (Å²) >= 11 is 0. The predicted octanol–water partition coefficient (Wildman–Crippen LogP) is 1.84. The zero-order valence-corrected chi connectivity index (χ0v) is 11.0. The van der Waals surface area contributed by atoms with Gasteiger partial charge in [-0.15, -0.1) is 0 Å². The first-order chi connectivity index (χ1) is 8.74. The second kappa shape index (κ2) is 4.61. The van der Waals surface area contributed by atoms with E-state index in [1.54, 1.807) is 7.11 Å². The lowest BCUT2D eigenvalue weighted by molar-refractivity contribution is 0.394. The molecule has 3 heterocycles. The first-order valence-electron chi connectivity index (χ1n) is 6.45. The lowest BCUT2D eigenvalue weighted by Crippen LogP contribution is -2.15. The Kier molecular flexibility index (Phi) is 2.96. The summed E-state index contributed by atoms with van der Waals surface area (Å²) < 4.78 is 7.29. The molecule has 3 rings (SSSR count). The van der Waals surface area contributed by atoms with E-state index < -0.39 is 0 Å². The number of methoxy groups -OCH3 is 1. The SMILES string of the molecule is COc1ccn2cc(CC3CCN(C)C3)nc2c1. The minimum atomic E-state index is 0.752. The van der Waals surface area contributed by atoms with Crippen LogP contribution in [0.5, 0.6) is 5.75 Å². The van der Waals surface area contributed by atoms with Gasteiger partial charge >= 0.3 is 0 Å². The van der Waals surface area contributed by atoms with Crippen molar-refractivity contribution in [1.82, 2.24) is 14.3 Å². The first kappa shape index (κ1) is 11.5. The van der Waals surface area contributed by atoms with Crippen LogP contribution in [0.15, 0.2) is 24.5 Å². The first-order valence-corrected chi connectivity index (χ1v) is 6.45. The van der Waals surface area contributed by atoms with Gasteiger partial charge in [-0.2, -0.15) is 0 Å². The van der Waals surface area contributed by atoms with Gasteiger partial charge in [-0.1, -0.05) is 0 Å².